The third-order valence-electron chi connectivity index (χ3n) is 7.92. The van der Waals surface area contributed by atoms with E-state index in [0.29, 0.717) is 22.9 Å². The monoisotopic (exact) mass is 768 g/mol. The van der Waals surface area contributed by atoms with Crippen molar-refractivity contribution in [1.29, 1.82) is 0 Å². The normalized spacial score (nSPS) is 10.7. The first-order chi connectivity index (χ1) is 24.7. The molecule has 0 unspecified atom stereocenters. The van der Waals surface area contributed by atoms with Crippen molar-refractivity contribution >= 4 is 55.5 Å². The van der Waals surface area contributed by atoms with E-state index >= 15 is 0 Å². The zero-order valence-corrected chi connectivity index (χ0v) is 36.7. The molecule has 0 radical (unpaired) electrons. The van der Waals surface area contributed by atoms with E-state index in [4.69, 9.17) is 15.5 Å². The number of nitrogens with zero attached hydrogens (tertiary/aromatic N) is 4. The number of nitrogens with one attached hydrogen (secondary N) is 1. The van der Waals surface area contributed by atoms with Crippen LogP contribution in [-0.4, -0.2) is 60.2 Å². The van der Waals surface area contributed by atoms with Crippen LogP contribution < -0.4 is 67.3 Å². The van der Waals surface area contributed by atoms with Gasteiger partial charge in [0.05, 0.1) is 33.8 Å². The number of rotatable bonds is 12. The van der Waals surface area contributed by atoms with E-state index in [1.54, 1.807) is 18.2 Å². The summed E-state index contributed by atoms with van der Waals surface area (Å²) >= 11 is 0. The molecule has 13 heteroatoms. The average Bonchev–Trinajstić information content (AvgIpc) is 3.46. The number of aryl methyl sites for hydroxylation is 2. The smallest absolute Gasteiger partial charge is 1.00 e. The minimum atomic E-state index is -3.28. The third kappa shape index (κ3) is 12.5. The molecule has 280 valence electrons. The zero-order valence-electron chi connectivity index (χ0n) is 33.7. The van der Waals surface area contributed by atoms with Crippen LogP contribution in [0.1, 0.15) is 71.7 Å². The van der Waals surface area contributed by atoms with Gasteiger partial charge >= 0.3 is 57.4 Å². The molecule has 0 aliphatic rings. The van der Waals surface area contributed by atoms with Gasteiger partial charge in [0.15, 0.2) is 9.84 Å². The number of Topliss-reactive ketones (excluding diaryl/α,β-unsaturated/α-hetero) is 1. The van der Waals surface area contributed by atoms with Gasteiger partial charge in [-0.1, -0.05) is 57.2 Å². The second kappa shape index (κ2) is 21.3. The van der Waals surface area contributed by atoms with Crippen LogP contribution in [0.4, 0.5) is 23.0 Å². The number of nitrogens with two attached hydrogens (primary N) is 1. The van der Waals surface area contributed by atoms with E-state index in [9.17, 15) is 18.0 Å². The van der Waals surface area contributed by atoms with Crippen LogP contribution in [0.5, 0.6) is 0 Å². The first-order valence-electron chi connectivity index (χ1n) is 17.5. The molecule has 0 atom stereocenters. The number of ether oxygens (including phenoxy) is 1. The Hall–Kier alpha value is -3.59. The Morgan fingerprint density at radius 3 is 2.32 bits per heavy atom. The number of anilines is 4. The fourth-order valence-electron chi connectivity index (χ4n) is 5.38. The second-order valence-electron chi connectivity index (χ2n) is 12.4. The molecule has 0 amide bonds. The van der Waals surface area contributed by atoms with Gasteiger partial charge < -0.3 is 26.7 Å². The first-order valence-corrected chi connectivity index (χ1v) is 19.1. The van der Waals surface area contributed by atoms with E-state index in [0.717, 1.165) is 46.4 Å². The average molecular weight is 769 g/mol. The second-order valence-corrected chi connectivity index (χ2v) is 14.5. The largest absolute Gasteiger partial charge is 1.00 e. The molecule has 11 nitrogen and oxygen atoms in total. The standard InChI is InChI=1S/C28H34N6O2.C10H12O3S.C2H6.K.H/c1-7-12-33(5)25-13-18(4)23(14-22(25)29)31-28-30-15-20(27(35)36-17(2)3)26(32-28)21-16-34(6)24-11-9-8-10-19(21)24;1-9(11)7-8-14(12,13)10-5-3-2-4-6-10;1-2;;/h8-11,13-17H,7,12,29H2,1-6H3,(H,30,31,32);2-6H,7-8H2,1H3;1-2H3;;/q;;;+1;-1. The van der Waals surface area contributed by atoms with Crippen molar-refractivity contribution in [1.82, 2.24) is 14.5 Å². The minimum Gasteiger partial charge on any atom is -1.00 e. The van der Waals surface area contributed by atoms with E-state index in [1.807, 2.05) is 89.8 Å². The van der Waals surface area contributed by atoms with E-state index in [2.05, 4.69) is 28.2 Å². The van der Waals surface area contributed by atoms with Gasteiger partial charge in [-0.3, -0.25) is 4.79 Å². The Morgan fingerprint density at radius 1 is 1.06 bits per heavy atom. The molecule has 0 spiro atoms. The summed E-state index contributed by atoms with van der Waals surface area (Å²) < 4.78 is 30.7. The number of carbonyl (C=O) groups excluding carboxylic acids is 2. The summed E-state index contributed by atoms with van der Waals surface area (Å²) in [6, 6.07) is 20.1. The quantitative estimate of drug-likeness (QED) is 0.0978. The van der Waals surface area contributed by atoms with Crippen LogP contribution in [0.15, 0.2) is 84.0 Å². The summed E-state index contributed by atoms with van der Waals surface area (Å²) in [7, 11) is 0.736. The van der Waals surface area contributed by atoms with Crippen molar-refractivity contribution in [3.8, 4) is 11.3 Å². The van der Waals surface area contributed by atoms with Crippen LogP contribution in [0.2, 0.25) is 0 Å². The molecular formula is C40H53KN6O5S. The van der Waals surface area contributed by atoms with Crippen LogP contribution >= 0.6 is 0 Å². The number of sulfone groups is 1. The van der Waals surface area contributed by atoms with Crippen LogP contribution in [0.25, 0.3) is 22.2 Å². The van der Waals surface area contributed by atoms with E-state index in [-0.39, 0.29) is 81.8 Å². The first kappa shape index (κ1) is 45.6. The number of carbonyl (C=O) groups is 2. The molecule has 53 heavy (non-hydrogen) atoms. The summed E-state index contributed by atoms with van der Waals surface area (Å²) in [4.78, 5) is 35.3. The van der Waals surface area contributed by atoms with Crippen LogP contribution in [0.3, 0.4) is 0 Å². The van der Waals surface area contributed by atoms with Crippen LogP contribution in [-0.2, 0) is 26.4 Å². The van der Waals surface area contributed by atoms with Gasteiger partial charge in [0.1, 0.15) is 11.3 Å². The van der Waals surface area contributed by atoms with Gasteiger partial charge in [0, 0.05) is 61.6 Å². The van der Waals surface area contributed by atoms with Crippen molar-refractivity contribution in [2.45, 2.75) is 72.3 Å². The Labute approximate surface area is 358 Å². The molecule has 0 fully saturated rings. The molecule has 2 aromatic heterocycles. The number of fused-ring (bicyclic) bond motifs is 1. The van der Waals surface area contributed by atoms with Crippen molar-refractivity contribution in [2.24, 2.45) is 7.05 Å². The number of esters is 1. The fraction of sp³-hybridized carbons (Fsp3) is 0.350. The number of hydrogen-bond acceptors (Lipinski definition) is 10. The summed E-state index contributed by atoms with van der Waals surface area (Å²) in [5, 5.41) is 4.30. The van der Waals surface area contributed by atoms with Crippen molar-refractivity contribution in [2.75, 3.05) is 35.3 Å². The topological polar surface area (TPSA) is 150 Å². The van der Waals surface area contributed by atoms with Crippen LogP contribution in [0, 0.1) is 6.92 Å². The van der Waals surface area contributed by atoms with Gasteiger partial charge in [-0.15, -0.1) is 0 Å². The van der Waals surface area contributed by atoms with E-state index in [1.165, 1.54) is 25.3 Å². The number of ketones is 1. The number of aromatic nitrogens is 3. The summed E-state index contributed by atoms with van der Waals surface area (Å²) in [6.07, 6.45) is 4.36. The number of nitrogen functional groups attached to an aromatic ring is 1. The molecule has 0 saturated heterocycles. The van der Waals surface area contributed by atoms with Gasteiger partial charge in [-0.05, 0) is 70.0 Å². The maximum Gasteiger partial charge on any atom is 1.00 e. The summed E-state index contributed by atoms with van der Waals surface area (Å²) in [5.41, 5.74) is 12.6. The Morgan fingerprint density at radius 2 is 1.70 bits per heavy atom. The third-order valence-corrected chi connectivity index (χ3v) is 9.65. The number of benzene rings is 3. The van der Waals surface area contributed by atoms with Gasteiger partial charge in [-0.25, -0.2) is 23.2 Å². The predicted molar refractivity (Wildman–Crippen MR) is 213 cm³/mol. The van der Waals surface area contributed by atoms with Gasteiger partial charge in [0.2, 0.25) is 5.95 Å². The minimum absolute atomic E-state index is 0. The van der Waals surface area contributed by atoms with Crippen molar-refractivity contribution in [3.05, 3.63) is 90.3 Å². The Kier molecular flexibility index (Phi) is 18.3. The van der Waals surface area contributed by atoms with Crippen molar-refractivity contribution in [3.63, 3.8) is 0 Å². The summed E-state index contributed by atoms with van der Waals surface area (Å²) in [6.45, 7) is 14.1. The maximum atomic E-state index is 13.0. The molecule has 5 rings (SSSR count). The fourth-order valence-corrected chi connectivity index (χ4v) is 6.74. The van der Waals surface area contributed by atoms with E-state index < -0.39 is 15.8 Å². The Bertz CT molecular complexity index is 2090. The predicted octanol–water partition coefficient (Wildman–Crippen LogP) is 5.26. The molecule has 5 aromatic rings. The SMILES string of the molecule is CC.CC(=O)CCS(=O)(=O)c1ccccc1.CCCN(C)c1cc(C)c(Nc2ncc(C(=O)OC(C)C)c(-c3cn(C)c4ccccc34)n2)cc1N.[H-].[K+]. The molecule has 3 aromatic carbocycles. The molecule has 3 N–H and O–H groups in total. The Balaban J connectivity index is 0.000000685. The van der Waals surface area contributed by atoms with Gasteiger partial charge in [0.25, 0.3) is 0 Å². The number of para-hydroxylation sites is 1. The zero-order chi connectivity index (χ0) is 38.6. The van der Waals surface area contributed by atoms with Gasteiger partial charge in [-0.2, -0.15) is 0 Å². The maximum absolute atomic E-state index is 13.0. The molecular weight excluding hydrogens is 716 g/mol. The molecule has 2 heterocycles. The molecule has 0 saturated carbocycles. The van der Waals surface area contributed by atoms with Crippen molar-refractivity contribution < 1.29 is 75.6 Å². The molecule has 0 aliphatic heterocycles. The molecule has 0 aliphatic carbocycles. The summed E-state index contributed by atoms with van der Waals surface area (Å²) in [5.74, 6) is -0.296. The number of hydrogen-bond donors (Lipinski definition) is 2. The molecule has 0 bridgehead atoms.